The number of piperidine rings is 1. The van der Waals surface area contributed by atoms with Gasteiger partial charge in [-0.1, -0.05) is 11.6 Å². The van der Waals surface area contributed by atoms with Crippen molar-refractivity contribution in [2.75, 3.05) is 12.0 Å². The molecule has 0 spiro atoms. The highest BCUT2D eigenvalue weighted by atomic mass is 35.5. The van der Waals surface area contributed by atoms with Gasteiger partial charge in [-0.25, -0.2) is 9.97 Å². The molecule has 2 aliphatic rings. The lowest BCUT2D eigenvalue weighted by atomic mass is 9.70. The molecule has 4 atom stereocenters. The smallest absolute Gasteiger partial charge is 0.147 e. The number of ether oxygens (including phenoxy) is 1. The molecule has 2 heterocycles. The van der Waals surface area contributed by atoms with Crippen molar-refractivity contribution in [2.45, 2.75) is 57.2 Å². The molecular formula is C15H22ClN3O. The Morgan fingerprint density at radius 1 is 1.30 bits per heavy atom. The lowest BCUT2D eigenvalue weighted by Gasteiger charge is -2.52. The Kier molecular flexibility index (Phi) is 3.63. The Morgan fingerprint density at radius 2 is 2.10 bits per heavy atom. The minimum Gasteiger partial charge on any atom is -0.378 e. The zero-order valence-electron chi connectivity index (χ0n) is 12.3. The molecule has 4 nitrogen and oxygen atoms in total. The molecule has 3 rings (SSSR count). The van der Waals surface area contributed by atoms with Crippen LogP contribution in [0, 0.1) is 5.92 Å². The second-order valence-corrected chi connectivity index (χ2v) is 6.89. The van der Waals surface area contributed by atoms with Gasteiger partial charge in [-0.05, 0) is 45.4 Å². The van der Waals surface area contributed by atoms with Crippen LogP contribution >= 0.6 is 11.6 Å². The molecule has 0 N–H and O–H groups in total. The molecule has 1 saturated carbocycles. The number of nitrogens with zero attached hydrogens (tertiary/aromatic N) is 3. The van der Waals surface area contributed by atoms with Gasteiger partial charge in [0.25, 0.3) is 0 Å². The first-order valence-corrected chi connectivity index (χ1v) is 7.69. The summed E-state index contributed by atoms with van der Waals surface area (Å²) in [5, 5.41) is 0.446. The first kappa shape index (κ1) is 14.1. The fraction of sp³-hybridized carbons (Fsp3) is 0.733. The fourth-order valence-electron chi connectivity index (χ4n) is 4.11. The lowest BCUT2D eigenvalue weighted by molar-refractivity contribution is -0.0561. The van der Waals surface area contributed by atoms with Gasteiger partial charge in [0.15, 0.2) is 0 Å². The van der Waals surface area contributed by atoms with Crippen LogP contribution in [0.5, 0.6) is 0 Å². The summed E-state index contributed by atoms with van der Waals surface area (Å²) in [5.41, 5.74) is -0.00811. The number of anilines is 1. The molecule has 2 bridgehead atoms. The van der Waals surface area contributed by atoms with Crippen molar-refractivity contribution in [2.24, 2.45) is 5.92 Å². The Bertz CT molecular complexity index is 479. The average Bonchev–Trinajstić information content (AvgIpc) is 2.40. The van der Waals surface area contributed by atoms with E-state index in [2.05, 4.69) is 28.7 Å². The van der Waals surface area contributed by atoms with Crippen molar-refractivity contribution in [3.63, 3.8) is 0 Å². The van der Waals surface area contributed by atoms with Crippen LogP contribution in [-0.4, -0.2) is 34.8 Å². The van der Waals surface area contributed by atoms with E-state index in [1.807, 2.05) is 7.11 Å². The van der Waals surface area contributed by atoms with Gasteiger partial charge in [-0.15, -0.1) is 0 Å². The van der Waals surface area contributed by atoms with Crippen molar-refractivity contribution < 1.29 is 4.74 Å². The van der Waals surface area contributed by atoms with Crippen LogP contribution in [0.15, 0.2) is 12.4 Å². The Hall–Kier alpha value is -0.870. The summed E-state index contributed by atoms with van der Waals surface area (Å²) in [6.45, 7) is 4.51. The van der Waals surface area contributed by atoms with Crippen LogP contribution in [0.4, 0.5) is 5.82 Å². The second kappa shape index (κ2) is 5.15. The minimum absolute atomic E-state index is 0.00811. The maximum absolute atomic E-state index is 5.85. The zero-order valence-corrected chi connectivity index (χ0v) is 13.1. The number of hydrogen-bond donors (Lipinski definition) is 0. The van der Waals surface area contributed by atoms with E-state index in [4.69, 9.17) is 16.3 Å². The van der Waals surface area contributed by atoms with E-state index < -0.39 is 0 Å². The molecular weight excluding hydrogens is 274 g/mol. The first-order chi connectivity index (χ1) is 9.50. The highest BCUT2D eigenvalue weighted by Gasteiger charge is 2.45. The van der Waals surface area contributed by atoms with Crippen molar-refractivity contribution in [3.8, 4) is 0 Å². The highest BCUT2D eigenvalue weighted by molar-refractivity contribution is 6.29. The molecule has 110 valence electrons. The summed E-state index contributed by atoms with van der Waals surface area (Å²) >= 11 is 5.85. The van der Waals surface area contributed by atoms with Crippen molar-refractivity contribution >= 4 is 17.4 Å². The minimum atomic E-state index is -0.00811. The molecule has 5 heteroatoms. The molecule has 0 radical (unpaired) electrons. The largest absolute Gasteiger partial charge is 0.378 e. The quantitative estimate of drug-likeness (QED) is 0.839. The maximum Gasteiger partial charge on any atom is 0.147 e. The van der Waals surface area contributed by atoms with Gasteiger partial charge in [-0.3, -0.25) is 0 Å². The second-order valence-electron chi connectivity index (χ2n) is 6.51. The molecule has 0 aromatic carbocycles. The number of methoxy groups -OCH3 is 1. The molecule has 1 saturated heterocycles. The van der Waals surface area contributed by atoms with E-state index in [1.54, 1.807) is 12.4 Å². The molecule has 1 aliphatic carbocycles. The summed E-state index contributed by atoms with van der Waals surface area (Å²) in [4.78, 5) is 11.1. The van der Waals surface area contributed by atoms with E-state index >= 15 is 0 Å². The SMILES string of the molecule is COC1(C)CC2CC(C)N(c3cnc(Cl)cn3)C(C2)C1. The van der Waals surface area contributed by atoms with Crippen molar-refractivity contribution in [1.82, 2.24) is 9.97 Å². The van der Waals surface area contributed by atoms with E-state index in [9.17, 15) is 0 Å². The van der Waals surface area contributed by atoms with Gasteiger partial charge >= 0.3 is 0 Å². The lowest BCUT2D eigenvalue weighted by Crippen LogP contribution is -2.56. The van der Waals surface area contributed by atoms with Gasteiger partial charge in [0.2, 0.25) is 0 Å². The van der Waals surface area contributed by atoms with E-state index in [0.29, 0.717) is 17.2 Å². The number of hydrogen-bond acceptors (Lipinski definition) is 4. The molecule has 4 unspecified atom stereocenters. The van der Waals surface area contributed by atoms with Crippen LogP contribution < -0.4 is 4.90 Å². The average molecular weight is 296 g/mol. The Labute approximate surface area is 125 Å². The molecule has 2 fully saturated rings. The maximum atomic E-state index is 5.85. The Morgan fingerprint density at radius 3 is 2.75 bits per heavy atom. The third-order valence-electron chi connectivity index (χ3n) is 4.90. The van der Waals surface area contributed by atoms with Gasteiger partial charge in [0.05, 0.1) is 18.0 Å². The summed E-state index contributed by atoms with van der Waals surface area (Å²) in [5.74, 6) is 1.69. The van der Waals surface area contributed by atoms with Crippen molar-refractivity contribution in [1.29, 1.82) is 0 Å². The molecule has 1 aromatic heterocycles. The van der Waals surface area contributed by atoms with E-state index in [0.717, 1.165) is 18.2 Å². The van der Waals surface area contributed by atoms with Gasteiger partial charge in [-0.2, -0.15) is 0 Å². The summed E-state index contributed by atoms with van der Waals surface area (Å²) in [6.07, 6.45) is 8.07. The predicted octanol–water partition coefficient (Wildman–Crippen LogP) is 3.30. The third-order valence-corrected chi connectivity index (χ3v) is 5.10. The molecule has 1 aliphatic heterocycles. The zero-order chi connectivity index (χ0) is 14.3. The highest BCUT2D eigenvalue weighted by Crippen LogP contribution is 2.44. The summed E-state index contributed by atoms with van der Waals surface area (Å²) in [6, 6.07) is 0.980. The fourth-order valence-corrected chi connectivity index (χ4v) is 4.21. The van der Waals surface area contributed by atoms with Gasteiger partial charge in [0, 0.05) is 19.2 Å². The number of fused-ring (bicyclic) bond motifs is 2. The number of halogens is 1. The standard InChI is InChI=1S/C15H22ClN3O/c1-10-4-11-5-12(7-15(2,6-11)20-3)19(10)14-9-17-13(16)8-18-14/h8-12H,4-7H2,1-3H3. The van der Waals surface area contributed by atoms with E-state index in [-0.39, 0.29) is 5.60 Å². The predicted molar refractivity (Wildman–Crippen MR) is 80.1 cm³/mol. The first-order valence-electron chi connectivity index (χ1n) is 7.32. The summed E-state index contributed by atoms with van der Waals surface area (Å²) < 4.78 is 5.77. The topological polar surface area (TPSA) is 38.2 Å². The third kappa shape index (κ3) is 2.51. The monoisotopic (exact) mass is 295 g/mol. The molecule has 20 heavy (non-hydrogen) atoms. The van der Waals surface area contributed by atoms with Crippen molar-refractivity contribution in [3.05, 3.63) is 17.5 Å². The van der Waals surface area contributed by atoms with Gasteiger partial charge < -0.3 is 9.64 Å². The van der Waals surface area contributed by atoms with Crippen LogP contribution in [0.2, 0.25) is 5.15 Å². The van der Waals surface area contributed by atoms with Gasteiger partial charge in [0.1, 0.15) is 11.0 Å². The normalized spacial score (nSPS) is 37.0. The molecule has 0 amide bonds. The number of aromatic nitrogens is 2. The van der Waals surface area contributed by atoms with Crippen LogP contribution in [-0.2, 0) is 4.74 Å². The van der Waals surface area contributed by atoms with Crippen LogP contribution in [0.3, 0.4) is 0 Å². The van der Waals surface area contributed by atoms with Crippen LogP contribution in [0.1, 0.15) is 39.5 Å². The summed E-state index contributed by atoms with van der Waals surface area (Å²) in [7, 11) is 1.83. The van der Waals surface area contributed by atoms with Crippen LogP contribution in [0.25, 0.3) is 0 Å². The molecule has 1 aromatic rings. The van der Waals surface area contributed by atoms with E-state index in [1.165, 1.54) is 19.3 Å². The Balaban J connectivity index is 1.88. The number of rotatable bonds is 2.